The van der Waals surface area contributed by atoms with Crippen LogP contribution in [0.4, 0.5) is 0 Å². The normalized spacial score (nSPS) is 24.8. The summed E-state index contributed by atoms with van der Waals surface area (Å²) >= 11 is 0. The van der Waals surface area contributed by atoms with E-state index < -0.39 is 0 Å². The molecule has 2 rings (SSSR count). The minimum absolute atomic E-state index is 0.0656. The second kappa shape index (κ2) is 5.32. The lowest BCUT2D eigenvalue weighted by molar-refractivity contribution is -0.182. The van der Waals surface area contributed by atoms with E-state index >= 15 is 0 Å². The molecule has 1 heterocycles. The van der Waals surface area contributed by atoms with Crippen LogP contribution < -0.4 is 0 Å². The Kier molecular flexibility index (Phi) is 3.79. The monoisotopic (exact) mass is 234 g/mol. The van der Waals surface area contributed by atoms with Crippen LogP contribution in [0.2, 0.25) is 0 Å². The van der Waals surface area contributed by atoms with Crippen molar-refractivity contribution in [1.82, 2.24) is 0 Å². The Hall–Kier alpha value is -1.35. The first kappa shape index (κ1) is 12.1. The lowest BCUT2D eigenvalue weighted by atomic mass is 9.87. The van der Waals surface area contributed by atoms with Crippen molar-refractivity contribution >= 4 is 5.97 Å². The standard InChI is InChI=1S/C14H18O3/c1-3-13(15)17-10(2)12-9-16-14(12)11-7-5-4-6-8-11/h4-8,10,12,14H,3,9H2,1-2H3. The van der Waals surface area contributed by atoms with Crippen molar-refractivity contribution in [2.45, 2.75) is 32.5 Å². The largest absolute Gasteiger partial charge is 0.462 e. The minimum Gasteiger partial charge on any atom is -0.462 e. The predicted molar refractivity (Wildman–Crippen MR) is 64.5 cm³/mol. The summed E-state index contributed by atoms with van der Waals surface area (Å²) in [7, 11) is 0. The van der Waals surface area contributed by atoms with E-state index in [1.54, 1.807) is 6.92 Å². The van der Waals surface area contributed by atoms with Crippen LogP contribution in [0.5, 0.6) is 0 Å². The first-order chi connectivity index (χ1) is 8.22. The molecule has 1 aromatic rings. The van der Waals surface area contributed by atoms with Gasteiger partial charge in [0.2, 0.25) is 0 Å². The maximum atomic E-state index is 11.2. The third kappa shape index (κ3) is 2.67. The molecule has 0 aliphatic carbocycles. The van der Waals surface area contributed by atoms with Gasteiger partial charge in [0.15, 0.2) is 0 Å². The lowest BCUT2D eigenvalue weighted by Crippen LogP contribution is -2.41. The molecule has 3 unspecified atom stereocenters. The second-order valence-corrected chi connectivity index (χ2v) is 4.38. The summed E-state index contributed by atoms with van der Waals surface area (Å²) in [6, 6.07) is 10.1. The highest BCUT2D eigenvalue weighted by molar-refractivity contribution is 5.69. The van der Waals surface area contributed by atoms with Gasteiger partial charge in [0, 0.05) is 12.3 Å². The van der Waals surface area contributed by atoms with Crippen molar-refractivity contribution in [1.29, 1.82) is 0 Å². The molecule has 0 radical (unpaired) electrons. The maximum Gasteiger partial charge on any atom is 0.305 e. The molecule has 3 atom stereocenters. The molecule has 0 N–H and O–H groups in total. The molecule has 1 saturated heterocycles. The highest BCUT2D eigenvalue weighted by Gasteiger charge is 2.38. The maximum absolute atomic E-state index is 11.2. The Labute approximate surface area is 102 Å². The Morgan fingerprint density at radius 2 is 2.18 bits per heavy atom. The fraction of sp³-hybridized carbons (Fsp3) is 0.500. The van der Waals surface area contributed by atoms with E-state index in [2.05, 4.69) is 0 Å². The van der Waals surface area contributed by atoms with E-state index in [0.717, 1.165) is 5.56 Å². The van der Waals surface area contributed by atoms with Crippen LogP contribution in [0.1, 0.15) is 31.9 Å². The van der Waals surface area contributed by atoms with Crippen LogP contribution in [0.15, 0.2) is 30.3 Å². The van der Waals surface area contributed by atoms with Gasteiger partial charge >= 0.3 is 5.97 Å². The van der Waals surface area contributed by atoms with Crippen LogP contribution in [0.25, 0.3) is 0 Å². The summed E-state index contributed by atoms with van der Waals surface area (Å²) in [5.41, 5.74) is 1.16. The molecule has 3 nitrogen and oxygen atoms in total. The molecule has 1 aliphatic heterocycles. The van der Waals surface area contributed by atoms with E-state index in [1.165, 1.54) is 0 Å². The Balaban J connectivity index is 1.97. The van der Waals surface area contributed by atoms with Crippen LogP contribution >= 0.6 is 0 Å². The van der Waals surface area contributed by atoms with Crippen LogP contribution in [0, 0.1) is 5.92 Å². The number of carbonyl (C=O) groups is 1. The number of esters is 1. The van der Waals surface area contributed by atoms with Gasteiger partial charge in [-0.25, -0.2) is 0 Å². The molecule has 0 amide bonds. The fourth-order valence-corrected chi connectivity index (χ4v) is 2.05. The van der Waals surface area contributed by atoms with Crippen molar-refractivity contribution in [3.63, 3.8) is 0 Å². The number of ether oxygens (including phenoxy) is 2. The van der Waals surface area contributed by atoms with Gasteiger partial charge in [0.25, 0.3) is 0 Å². The smallest absolute Gasteiger partial charge is 0.305 e. The average molecular weight is 234 g/mol. The van der Waals surface area contributed by atoms with Gasteiger partial charge in [-0.15, -0.1) is 0 Å². The molecule has 1 aromatic carbocycles. The highest BCUT2D eigenvalue weighted by Crippen LogP contribution is 2.38. The SMILES string of the molecule is CCC(=O)OC(C)C1COC1c1ccccc1. The van der Waals surface area contributed by atoms with Gasteiger partial charge in [-0.2, -0.15) is 0 Å². The van der Waals surface area contributed by atoms with Crippen molar-refractivity contribution < 1.29 is 14.3 Å². The Bertz CT molecular complexity index is 374. The van der Waals surface area contributed by atoms with Crippen molar-refractivity contribution in [3.8, 4) is 0 Å². The molecule has 0 spiro atoms. The summed E-state index contributed by atoms with van der Waals surface area (Å²) in [5.74, 6) is 0.129. The zero-order chi connectivity index (χ0) is 12.3. The third-order valence-electron chi connectivity index (χ3n) is 3.19. The van der Waals surface area contributed by atoms with Gasteiger partial charge < -0.3 is 9.47 Å². The summed E-state index contributed by atoms with van der Waals surface area (Å²) < 4.78 is 10.9. The molecule has 1 fully saturated rings. The van der Waals surface area contributed by atoms with Crippen molar-refractivity contribution in [2.75, 3.05) is 6.61 Å². The molecule has 1 aliphatic rings. The summed E-state index contributed by atoms with van der Waals surface area (Å²) in [5, 5.41) is 0. The zero-order valence-electron chi connectivity index (χ0n) is 10.3. The second-order valence-electron chi connectivity index (χ2n) is 4.38. The molecule has 92 valence electrons. The summed E-state index contributed by atoms with van der Waals surface area (Å²) in [4.78, 5) is 11.2. The van der Waals surface area contributed by atoms with Gasteiger partial charge in [0.1, 0.15) is 6.10 Å². The summed E-state index contributed by atoms with van der Waals surface area (Å²) in [6.45, 7) is 4.41. The first-order valence-corrected chi connectivity index (χ1v) is 6.08. The average Bonchev–Trinajstić information content (AvgIpc) is 2.28. The molecule has 3 heteroatoms. The minimum atomic E-state index is -0.142. The lowest BCUT2D eigenvalue weighted by Gasteiger charge is -2.40. The fourth-order valence-electron chi connectivity index (χ4n) is 2.05. The highest BCUT2D eigenvalue weighted by atomic mass is 16.6. The molecular weight excluding hydrogens is 216 g/mol. The van der Waals surface area contributed by atoms with Crippen molar-refractivity contribution in [2.24, 2.45) is 5.92 Å². The zero-order valence-corrected chi connectivity index (χ0v) is 10.3. The predicted octanol–water partition coefficient (Wildman–Crippen LogP) is 2.72. The third-order valence-corrected chi connectivity index (χ3v) is 3.19. The van der Waals surface area contributed by atoms with Gasteiger partial charge in [0.05, 0.1) is 12.7 Å². The number of carbonyl (C=O) groups excluding carboxylic acids is 1. The summed E-state index contributed by atoms with van der Waals surface area (Å²) in [6.07, 6.45) is 0.408. The van der Waals surface area contributed by atoms with E-state index in [9.17, 15) is 4.79 Å². The Morgan fingerprint density at radius 3 is 2.71 bits per heavy atom. The number of hydrogen-bond acceptors (Lipinski definition) is 3. The van der Waals surface area contributed by atoms with E-state index in [-0.39, 0.29) is 24.1 Å². The van der Waals surface area contributed by atoms with Crippen LogP contribution in [-0.4, -0.2) is 18.7 Å². The number of rotatable bonds is 4. The van der Waals surface area contributed by atoms with Crippen LogP contribution in [-0.2, 0) is 14.3 Å². The van der Waals surface area contributed by atoms with E-state index in [0.29, 0.717) is 13.0 Å². The van der Waals surface area contributed by atoms with Gasteiger partial charge in [-0.1, -0.05) is 37.3 Å². The topological polar surface area (TPSA) is 35.5 Å². The number of hydrogen-bond donors (Lipinski definition) is 0. The van der Waals surface area contributed by atoms with Crippen LogP contribution in [0.3, 0.4) is 0 Å². The van der Waals surface area contributed by atoms with Gasteiger partial charge in [-0.05, 0) is 12.5 Å². The van der Waals surface area contributed by atoms with E-state index in [1.807, 2.05) is 37.3 Å². The molecule has 0 aromatic heterocycles. The molecule has 0 saturated carbocycles. The number of benzene rings is 1. The molecule has 17 heavy (non-hydrogen) atoms. The quantitative estimate of drug-likeness (QED) is 0.751. The van der Waals surface area contributed by atoms with E-state index in [4.69, 9.17) is 9.47 Å². The molecule has 0 bridgehead atoms. The Morgan fingerprint density at radius 1 is 1.47 bits per heavy atom. The van der Waals surface area contributed by atoms with Crippen molar-refractivity contribution in [3.05, 3.63) is 35.9 Å². The van der Waals surface area contributed by atoms with Gasteiger partial charge in [-0.3, -0.25) is 4.79 Å². The molecular formula is C14H18O3. The first-order valence-electron chi connectivity index (χ1n) is 6.08.